The predicted octanol–water partition coefficient (Wildman–Crippen LogP) is 3.28. The van der Waals surface area contributed by atoms with Crippen molar-refractivity contribution in [1.29, 1.82) is 0 Å². The quantitative estimate of drug-likeness (QED) is 0.601. The lowest BCUT2D eigenvalue weighted by atomic mass is 10.2. The van der Waals surface area contributed by atoms with Crippen LogP contribution in [0.15, 0.2) is 53.5 Å². The third-order valence-corrected chi connectivity index (χ3v) is 2.43. The molecule has 0 radical (unpaired) electrons. The highest BCUT2D eigenvalue weighted by Gasteiger charge is 2.17. The molecule has 1 aliphatic carbocycles. The normalized spacial score (nSPS) is 24.2. The highest BCUT2D eigenvalue weighted by molar-refractivity contribution is 5.42. The van der Waals surface area contributed by atoms with Gasteiger partial charge in [0, 0.05) is 12.0 Å². The Morgan fingerprint density at radius 2 is 2.43 bits per heavy atom. The summed E-state index contributed by atoms with van der Waals surface area (Å²) in [6.07, 6.45) is 14.5. The van der Waals surface area contributed by atoms with Gasteiger partial charge in [-0.1, -0.05) is 19.1 Å². The Hall–Kier alpha value is -1.46. The van der Waals surface area contributed by atoms with E-state index in [4.69, 9.17) is 4.74 Å². The molecule has 0 N–H and O–H groups in total. The van der Waals surface area contributed by atoms with Crippen molar-refractivity contribution in [2.24, 2.45) is 0 Å². The van der Waals surface area contributed by atoms with Crippen molar-refractivity contribution in [2.75, 3.05) is 0 Å². The second kappa shape index (κ2) is 4.17. The van der Waals surface area contributed by atoms with Gasteiger partial charge in [-0.3, -0.25) is 0 Å². The average Bonchev–Trinajstić information content (AvgIpc) is 2.53. The Balaban J connectivity index is 2.11. The highest BCUT2D eigenvalue weighted by atomic mass is 16.5. The molecule has 0 saturated heterocycles. The summed E-state index contributed by atoms with van der Waals surface area (Å²) in [5.41, 5.74) is 4.17. The molecule has 1 nitrogen and oxygen atoms in total. The van der Waals surface area contributed by atoms with Crippen LogP contribution in [0.1, 0.15) is 19.8 Å². The number of ether oxygens (including phenoxy) is 1. The molecule has 0 fully saturated rings. The van der Waals surface area contributed by atoms with Crippen LogP contribution >= 0.6 is 0 Å². The van der Waals surface area contributed by atoms with Crippen LogP contribution in [0.5, 0.6) is 0 Å². The number of allylic oxidation sites excluding steroid dienone is 4. The van der Waals surface area contributed by atoms with Crippen molar-refractivity contribution < 1.29 is 4.74 Å². The van der Waals surface area contributed by atoms with Gasteiger partial charge in [0.1, 0.15) is 11.9 Å². The molecule has 1 heteroatoms. The summed E-state index contributed by atoms with van der Waals surface area (Å²) in [7, 11) is 0. The third-order valence-electron chi connectivity index (χ3n) is 2.43. The summed E-state index contributed by atoms with van der Waals surface area (Å²) in [4.78, 5) is 0. The molecule has 1 unspecified atom stereocenters. The van der Waals surface area contributed by atoms with E-state index in [-0.39, 0.29) is 0 Å². The summed E-state index contributed by atoms with van der Waals surface area (Å²) in [6, 6.07) is 0. The molecule has 2 aliphatic rings. The number of hydrogen-bond donors (Lipinski definition) is 0. The van der Waals surface area contributed by atoms with Crippen molar-refractivity contribution in [2.45, 2.75) is 25.9 Å². The Labute approximate surface area is 84.8 Å². The van der Waals surface area contributed by atoms with Gasteiger partial charge in [0.25, 0.3) is 0 Å². The summed E-state index contributed by atoms with van der Waals surface area (Å²) in [5, 5.41) is 0. The monoisotopic (exact) mass is 186 g/mol. The van der Waals surface area contributed by atoms with Gasteiger partial charge in [0.15, 0.2) is 0 Å². The van der Waals surface area contributed by atoms with Gasteiger partial charge >= 0.3 is 0 Å². The van der Waals surface area contributed by atoms with Crippen LogP contribution in [0, 0.1) is 0 Å². The van der Waals surface area contributed by atoms with Crippen LogP contribution in [-0.4, -0.2) is 6.10 Å². The molecule has 0 spiro atoms. The van der Waals surface area contributed by atoms with E-state index in [1.165, 1.54) is 0 Å². The molecule has 1 atom stereocenters. The fraction of sp³-hybridized carbons (Fsp3) is 0.308. The summed E-state index contributed by atoms with van der Waals surface area (Å²) < 4.78 is 5.79. The van der Waals surface area contributed by atoms with Gasteiger partial charge in [-0.15, -0.1) is 5.73 Å². The summed E-state index contributed by atoms with van der Waals surface area (Å²) in [5.74, 6) is 1.02. The minimum absolute atomic E-state index is 0.375. The molecule has 14 heavy (non-hydrogen) atoms. The van der Waals surface area contributed by atoms with Crippen molar-refractivity contribution in [3.8, 4) is 0 Å². The van der Waals surface area contributed by atoms with E-state index in [1.807, 2.05) is 24.3 Å². The number of rotatable bonds is 2. The maximum atomic E-state index is 5.79. The summed E-state index contributed by atoms with van der Waals surface area (Å²) >= 11 is 0. The van der Waals surface area contributed by atoms with E-state index in [2.05, 4.69) is 24.8 Å². The van der Waals surface area contributed by atoms with Crippen LogP contribution in [-0.2, 0) is 4.74 Å². The lowest BCUT2D eigenvalue weighted by Gasteiger charge is -2.10. The van der Waals surface area contributed by atoms with Gasteiger partial charge in [0.05, 0.1) is 0 Å². The molecule has 0 saturated carbocycles. The van der Waals surface area contributed by atoms with E-state index in [9.17, 15) is 0 Å². The van der Waals surface area contributed by atoms with E-state index in [1.54, 1.807) is 0 Å². The molecule has 0 aromatic heterocycles. The van der Waals surface area contributed by atoms with Crippen LogP contribution in [0.3, 0.4) is 0 Å². The van der Waals surface area contributed by atoms with Crippen LogP contribution in [0.25, 0.3) is 0 Å². The second-order valence-electron chi connectivity index (χ2n) is 3.43. The fourth-order valence-corrected chi connectivity index (χ4v) is 1.57. The zero-order valence-electron chi connectivity index (χ0n) is 8.36. The van der Waals surface area contributed by atoms with E-state index in [0.29, 0.717) is 6.10 Å². The first kappa shape index (κ1) is 9.11. The molecular formula is C13H14O. The molecule has 0 bridgehead atoms. The largest absolute Gasteiger partial charge is 0.490 e. The molecule has 0 aromatic rings. The van der Waals surface area contributed by atoms with Gasteiger partial charge in [-0.05, 0) is 30.7 Å². The van der Waals surface area contributed by atoms with Crippen molar-refractivity contribution >= 4 is 0 Å². The Kier molecular flexibility index (Phi) is 2.71. The minimum Gasteiger partial charge on any atom is -0.490 e. The molecule has 0 amide bonds. The lowest BCUT2D eigenvalue weighted by molar-refractivity contribution is 0.146. The highest BCUT2D eigenvalue weighted by Crippen LogP contribution is 2.26. The van der Waals surface area contributed by atoms with Crippen molar-refractivity contribution in [1.82, 2.24) is 0 Å². The Morgan fingerprint density at radius 1 is 1.50 bits per heavy atom. The Morgan fingerprint density at radius 3 is 3.21 bits per heavy atom. The Bertz CT molecular complexity index is 363. The SMILES string of the molecule is CCC1CC=C(C2=CC=C=CC=C2)O1. The predicted molar refractivity (Wildman–Crippen MR) is 57.7 cm³/mol. The standard InChI is InChI=1S/C13H14O/c1-2-12-9-10-13(14-12)11-7-5-3-4-6-8-11/h3,5-8,10,12H,2,9H2,1H3. The first-order chi connectivity index (χ1) is 6.90. The van der Waals surface area contributed by atoms with Gasteiger partial charge in [-0.25, -0.2) is 0 Å². The van der Waals surface area contributed by atoms with Crippen LogP contribution in [0.4, 0.5) is 0 Å². The van der Waals surface area contributed by atoms with E-state index in [0.717, 1.165) is 24.2 Å². The van der Waals surface area contributed by atoms with E-state index < -0.39 is 0 Å². The summed E-state index contributed by atoms with van der Waals surface area (Å²) in [6.45, 7) is 2.15. The molecule has 72 valence electrons. The molecular weight excluding hydrogens is 172 g/mol. The zero-order valence-corrected chi connectivity index (χ0v) is 8.36. The number of hydrogen-bond acceptors (Lipinski definition) is 1. The van der Waals surface area contributed by atoms with E-state index >= 15 is 0 Å². The topological polar surface area (TPSA) is 9.23 Å². The fourth-order valence-electron chi connectivity index (χ4n) is 1.57. The van der Waals surface area contributed by atoms with Crippen LogP contribution in [0.2, 0.25) is 0 Å². The smallest absolute Gasteiger partial charge is 0.123 e. The molecule has 1 heterocycles. The van der Waals surface area contributed by atoms with Crippen molar-refractivity contribution in [3.63, 3.8) is 0 Å². The molecule has 2 rings (SSSR count). The molecule has 0 aromatic carbocycles. The first-order valence-corrected chi connectivity index (χ1v) is 5.07. The van der Waals surface area contributed by atoms with Crippen LogP contribution < -0.4 is 0 Å². The molecule has 1 aliphatic heterocycles. The minimum atomic E-state index is 0.375. The maximum absolute atomic E-state index is 5.79. The van der Waals surface area contributed by atoms with Crippen molar-refractivity contribution in [3.05, 3.63) is 53.5 Å². The first-order valence-electron chi connectivity index (χ1n) is 5.07. The third kappa shape index (κ3) is 1.89. The van der Waals surface area contributed by atoms with Gasteiger partial charge < -0.3 is 4.74 Å². The maximum Gasteiger partial charge on any atom is 0.123 e. The average molecular weight is 186 g/mol. The zero-order chi connectivity index (χ0) is 9.80. The lowest BCUT2D eigenvalue weighted by Crippen LogP contribution is -2.03. The van der Waals surface area contributed by atoms with Gasteiger partial charge in [-0.2, -0.15) is 0 Å². The van der Waals surface area contributed by atoms with Gasteiger partial charge in [0.2, 0.25) is 0 Å². The second-order valence-corrected chi connectivity index (χ2v) is 3.43.